The van der Waals surface area contributed by atoms with Crippen molar-refractivity contribution in [1.29, 1.82) is 0 Å². The molecule has 0 amide bonds. The Labute approximate surface area is 132 Å². The summed E-state index contributed by atoms with van der Waals surface area (Å²) in [6.45, 7) is 1.92. The smallest absolute Gasteiger partial charge is 0.123 e. The maximum atomic E-state index is 13.5. The molecular weight excluding hydrogens is 337 g/mol. The lowest BCUT2D eigenvalue weighted by atomic mass is 10.1. The second-order valence-corrected chi connectivity index (χ2v) is 6.56. The number of benzene rings is 2. The summed E-state index contributed by atoms with van der Waals surface area (Å²) in [4.78, 5) is 1.20. The fourth-order valence-corrected chi connectivity index (χ4v) is 3.76. The van der Waals surface area contributed by atoms with E-state index in [4.69, 9.17) is 0 Å². The van der Waals surface area contributed by atoms with E-state index in [9.17, 15) is 4.39 Å². The van der Waals surface area contributed by atoms with Gasteiger partial charge in [-0.05, 0) is 65.3 Å². The monoisotopic (exact) mass is 353 g/mol. The highest BCUT2D eigenvalue weighted by molar-refractivity contribution is 9.10. The van der Waals surface area contributed by atoms with Crippen LogP contribution in [0.15, 0.2) is 51.8 Å². The molecule has 0 spiro atoms. The van der Waals surface area contributed by atoms with Crippen LogP contribution in [0.3, 0.4) is 0 Å². The first-order valence-corrected chi connectivity index (χ1v) is 8.19. The molecule has 0 heterocycles. The number of rotatable bonds is 5. The average molecular weight is 354 g/mol. The summed E-state index contributed by atoms with van der Waals surface area (Å²) in [5.74, 6) is 0.674. The van der Waals surface area contributed by atoms with Gasteiger partial charge in [0.1, 0.15) is 5.82 Å². The molecule has 1 N–H and O–H groups in total. The Morgan fingerprint density at radius 3 is 2.65 bits per heavy atom. The molecule has 0 aliphatic heterocycles. The van der Waals surface area contributed by atoms with Crippen LogP contribution in [0.4, 0.5) is 4.39 Å². The number of halogens is 2. The van der Waals surface area contributed by atoms with E-state index in [1.807, 2.05) is 38.2 Å². The maximum absolute atomic E-state index is 13.5. The summed E-state index contributed by atoms with van der Waals surface area (Å²) in [6.07, 6.45) is 0. The summed E-state index contributed by atoms with van der Waals surface area (Å²) in [5, 5.41) is 3.26. The van der Waals surface area contributed by atoms with E-state index < -0.39 is 0 Å². The first kappa shape index (κ1) is 15.5. The Morgan fingerprint density at radius 1 is 1.25 bits per heavy atom. The van der Waals surface area contributed by atoms with Crippen LogP contribution in [-0.2, 0) is 0 Å². The first-order chi connectivity index (χ1) is 9.60. The molecule has 2 aromatic carbocycles. The van der Waals surface area contributed by atoms with Crippen molar-refractivity contribution in [3.05, 3.63) is 63.9 Å². The minimum atomic E-state index is -0.175. The lowest BCUT2D eigenvalue weighted by Gasteiger charge is -2.17. The number of hydrogen-bond donors (Lipinski definition) is 1. The van der Waals surface area contributed by atoms with Gasteiger partial charge in [0.25, 0.3) is 0 Å². The summed E-state index contributed by atoms with van der Waals surface area (Å²) >= 11 is 5.30. The number of thioether (sulfide) groups is 1. The van der Waals surface area contributed by atoms with E-state index in [0.29, 0.717) is 0 Å². The van der Waals surface area contributed by atoms with Crippen molar-refractivity contribution in [3.8, 4) is 0 Å². The van der Waals surface area contributed by atoms with E-state index in [1.165, 1.54) is 4.90 Å². The Morgan fingerprint density at radius 2 is 2.00 bits per heavy atom. The molecule has 0 aliphatic rings. The van der Waals surface area contributed by atoms with Gasteiger partial charge in [-0.2, -0.15) is 0 Å². The van der Waals surface area contributed by atoms with Crippen molar-refractivity contribution in [2.24, 2.45) is 0 Å². The van der Waals surface area contributed by atoms with Crippen LogP contribution in [0.1, 0.15) is 17.2 Å². The summed E-state index contributed by atoms with van der Waals surface area (Å²) < 4.78 is 14.6. The van der Waals surface area contributed by atoms with Crippen molar-refractivity contribution in [2.75, 3.05) is 12.8 Å². The fourth-order valence-electron chi connectivity index (χ4n) is 2.05. The molecule has 0 aromatic heterocycles. The molecule has 4 heteroatoms. The van der Waals surface area contributed by atoms with Gasteiger partial charge < -0.3 is 5.32 Å². The van der Waals surface area contributed by atoms with Crippen LogP contribution in [0.5, 0.6) is 0 Å². The summed E-state index contributed by atoms with van der Waals surface area (Å²) in [5.41, 5.74) is 1.94. The van der Waals surface area contributed by atoms with Crippen LogP contribution in [0.25, 0.3) is 0 Å². The molecule has 0 radical (unpaired) electrons. The predicted octanol–water partition coefficient (Wildman–Crippen LogP) is 4.95. The topological polar surface area (TPSA) is 12.0 Å². The molecule has 106 valence electrons. The van der Waals surface area contributed by atoms with Gasteiger partial charge in [-0.3, -0.25) is 0 Å². The third-order valence-electron chi connectivity index (χ3n) is 3.06. The second kappa shape index (κ2) is 7.25. The van der Waals surface area contributed by atoms with Gasteiger partial charge in [0.2, 0.25) is 0 Å². The molecule has 0 saturated heterocycles. The Hall–Kier alpha value is -0.840. The van der Waals surface area contributed by atoms with Gasteiger partial charge in [-0.1, -0.05) is 18.2 Å². The standard InChI is InChI=1S/C16H17BrFNS/c1-11-7-12(9-13(18)8-11)15(19-2)10-20-16-6-4-3-5-14(16)17/h3-9,15,19H,10H2,1-2H3. The molecule has 20 heavy (non-hydrogen) atoms. The summed E-state index contributed by atoms with van der Waals surface area (Å²) in [7, 11) is 1.91. The van der Waals surface area contributed by atoms with Crippen molar-refractivity contribution in [1.82, 2.24) is 5.32 Å². The van der Waals surface area contributed by atoms with Crippen LogP contribution >= 0.6 is 27.7 Å². The van der Waals surface area contributed by atoms with Gasteiger partial charge >= 0.3 is 0 Å². The Bertz CT molecular complexity index is 568. The molecule has 0 saturated carbocycles. The van der Waals surface area contributed by atoms with E-state index in [0.717, 1.165) is 21.4 Å². The van der Waals surface area contributed by atoms with Crippen LogP contribution in [0, 0.1) is 12.7 Å². The van der Waals surface area contributed by atoms with Crippen LogP contribution in [0.2, 0.25) is 0 Å². The highest BCUT2D eigenvalue weighted by atomic mass is 79.9. The number of hydrogen-bond acceptors (Lipinski definition) is 2. The third-order valence-corrected chi connectivity index (χ3v) is 5.18. The molecular formula is C16H17BrFNS. The van der Waals surface area contributed by atoms with Gasteiger partial charge in [0.15, 0.2) is 0 Å². The minimum absolute atomic E-state index is 0.126. The average Bonchev–Trinajstić information content (AvgIpc) is 2.40. The summed E-state index contributed by atoms with van der Waals surface area (Å²) in [6, 6.07) is 13.5. The zero-order valence-electron chi connectivity index (χ0n) is 11.5. The molecule has 0 bridgehead atoms. The highest BCUT2D eigenvalue weighted by Gasteiger charge is 2.12. The fraction of sp³-hybridized carbons (Fsp3) is 0.250. The van der Waals surface area contributed by atoms with Gasteiger partial charge in [-0.25, -0.2) is 4.39 Å². The number of aryl methyl sites for hydroxylation is 1. The number of nitrogens with one attached hydrogen (secondary N) is 1. The Kier molecular flexibility index (Phi) is 5.64. The van der Waals surface area contributed by atoms with Gasteiger partial charge in [-0.15, -0.1) is 11.8 Å². The molecule has 1 unspecified atom stereocenters. The van der Waals surface area contributed by atoms with Crippen molar-refractivity contribution in [2.45, 2.75) is 17.9 Å². The van der Waals surface area contributed by atoms with E-state index in [-0.39, 0.29) is 11.9 Å². The molecule has 0 fully saturated rings. The molecule has 1 nitrogen and oxygen atoms in total. The third kappa shape index (κ3) is 4.08. The van der Waals surface area contributed by atoms with Crippen molar-refractivity contribution in [3.63, 3.8) is 0 Å². The maximum Gasteiger partial charge on any atom is 0.123 e. The molecule has 0 aliphatic carbocycles. The highest BCUT2D eigenvalue weighted by Crippen LogP contribution is 2.30. The van der Waals surface area contributed by atoms with Gasteiger partial charge in [0.05, 0.1) is 0 Å². The van der Waals surface area contributed by atoms with E-state index in [1.54, 1.807) is 23.9 Å². The largest absolute Gasteiger partial charge is 0.312 e. The lowest BCUT2D eigenvalue weighted by molar-refractivity contribution is 0.609. The predicted molar refractivity (Wildman–Crippen MR) is 87.8 cm³/mol. The minimum Gasteiger partial charge on any atom is -0.312 e. The quantitative estimate of drug-likeness (QED) is 0.763. The van der Waals surface area contributed by atoms with E-state index >= 15 is 0 Å². The second-order valence-electron chi connectivity index (χ2n) is 4.64. The first-order valence-electron chi connectivity index (χ1n) is 6.42. The van der Waals surface area contributed by atoms with Crippen LogP contribution in [-0.4, -0.2) is 12.8 Å². The zero-order valence-corrected chi connectivity index (χ0v) is 13.9. The van der Waals surface area contributed by atoms with Crippen molar-refractivity contribution < 1.29 is 4.39 Å². The van der Waals surface area contributed by atoms with Gasteiger partial charge in [0, 0.05) is 21.2 Å². The molecule has 2 rings (SSSR count). The molecule has 1 atom stereocenters. The zero-order chi connectivity index (χ0) is 14.5. The van der Waals surface area contributed by atoms with Crippen LogP contribution < -0.4 is 5.32 Å². The Balaban J connectivity index is 2.11. The normalized spacial score (nSPS) is 12.4. The van der Waals surface area contributed by atoms with E-state index in [2.05, 4.69) is 27.3 Å². The molecule has 2 aromatic rings. The SMILES string of the molecule is CNC(CSc1ccccc1Br)c1cc(C)cc(F)c1. The lowest BCUT2D eigenvalue weighted by Crippen LogP contribution is -2.19. The van der Waals surface area contributed by atoms with Crippen molar-refractivity contribution >= 4 is 27.7 Å².